The van der Waals surface area contributed by atoms with Crippen LogP contribution in [0.4, 0.5) is 10.5 Å². The molecule has 4 rings (SSSR count). The van der Waals surface area contributed by atoms with Gasteiger partial charge in [0, 0.05) is 17.3 Å². The van der Waals surface area contributed by atoms with Crippen LogP contribution in [-0.4, -0.2) is 20.6 Å². The number of aromatic nitrogens is 3. The van der Waals surface area contributed by atoms with Gasteiger partial charge in [-0.25, -0.2) is 9.78 Å². The summed E-state index contributed by atoms with van der Waals surface area (Å²) in [6, 6.07) is 14.8. The molecule has 0 aliphatic heterocycles. The number of urea groups is 1. The zero-order chi connectivity index (χ0) is 21.3. The SMILES string of the molecule is Cc1ccc(C)c(NC(=O)NCc2cc(=O)n3nc(-c4ccccc4C)sc3n2)c1. The maximum atomic E-state index is 12.5. The molecule has 0 aliphatic carbocycles. The first-order valence-electron chi connectivity index (χ1n) is 9.48. The van der Waals surface area contributed by atoms with Crippen LogP contribution < -0.4 is 16.2 Å². The lowest BCUT2D eigenvalue weighted by Gasteiger charge is -2.10. The molecule has 0 saturated heterocycles. The number of rotatable bonds is 4. The van der Waals surface area contributed by atoms with Crippen LogP contribution in [0.3, 0.4) is 0 Å². The molecule has 0 unspecified atom stereocenters. The molecule has 0 aliphatic rings. The van der Waals surface area contributed by atoms with E-state index in [4.69, 9.17) is 0 Å². The Hall–Kier alpha value is -3.52. The number of aryl methyl sites for hydroxylation is 3. The van der Waals surface area contributed by atoms with Gasteiger partial charge in [0.05, 0.1) is 12.2 Å². The summed E-state index contributed by atoms with van der Waals surface area (Å²) in [4.78, 5) is 29.8. The summed E-state index contributed by atoms with van der Waals surface area (Å²) in [5.41, 5.74) is 5.04. The van der Waals surface area contributed by atoms with E-state index in [1.165, 1.54) is 21.9 Å². The number of benzene rings is 2. The fraction of sp³-hybridized carbons (Fsp3) is 0.182. The molecule has 2 heterocycles. The lowest BCUT2D eigenvalue weighted by atomic mass is 10.1. The summed E-state index contributed by atoms with van der Waals surface area (Å²) in [5, 5.41) is 10.7. The second-order valence-corrected chi connectivity index (χ2v) is 8.08. The normalized spacial score (nSPS) is 10.9. The van der Waals surface area contributed by atoms with Crippen molar-refractivity contribution < 1.29 is 4.79 Å². The number of carbonyl (C=O) groups is 1. The maximum absolute atomic E-state index is 12.5. The number of amides is 2. The molecule has 8 heteroatoms. The zero-order valence-corrected chi connectivity index (χ0v) is 17.7. The van der Waals surface area contributed by atoms with Crippen molar-refractivity contribution in [2.75, 3.05) is 5.32 Å². The lowest BCUT2D eigenvalue weighted by Crippen LogP contribution is -2.29. The van der Waals surface area contributed by atoms with Gasteiger partial charge in [0.2, 0.25) is 4.96 Å². The molecular formula is C22H21N5O2S. The molecule has 4 aromatic rings. The molecule has 0 atom stereocenters. The smallest absolute Gasteiger partial charge is 0.319 e. The zero-order valence-electron chi connectivity index (χ0n) is 16.9. The van der Waals surface area contributed by atoms with E-state index in [1.54, 1.807) is 0 Å². The van der Waals surface area contributed by atoms with Crippen molar-refractivity contribution in [3.8, 4) is 10.6 Å². The van der Waals surface area contributed by atoms with E-state index in [1.807, 2.05) is 63.2 Å². The molecule has 0 spiro atoms. The number of hydrogen-bond acceptors (Lipinski definition) is 5. The van der Waals surface area contributed by atoms with Gasteiger partial charge in [-0.2, -0.15) is 9.61 Å². The van der Waals surface area contributed by atoms with Gasteiger partial charge >= 0.3 is 6.03 Å². The summed E-state index contributed by atoms with van der Waals surface area (Å²) in [6.45, 7) is 6.04. The molecule has 152 valence electrons. The predicted octanol–water partition coefficient (Wildman–Crippen LogP) is 4.06. The van der Waals surface area contributed by atoms with E-state index in [0.717, 1.165) is 32.9 Å². The van der Waals surface area contributed by atoms with Gasteiger partial charge in [-0.3, -0.25) is 4.79 Å². The minimum Gasteiger partial charge on any atom is -0.332 e. The van der Waals surface area contributed by atoms with Crippen molar-refractivity contribution in [2.45, 2.75) is 27.3 Å². The summed E-state index contributed by atoms with van der Waals surface area (Å²) < 4.78 is 1.30. The van der Waals surface area contributed by atoms with Crippen molar-refractivity contribution in [3.63, 3.8) is 0 Å². The minimum absolute atomic E-state index is 0.139. The third kappa shape index (κ3) is 4.08. The Balaban J connectivity index is 1.52. The average molecular weight is 420 g/mol. The second kappa shape index (κ2) is 8.08. The molecule has 2 aromatic carbocycles. The molecule has 2 aromatic heterocycles. The second-order valence-electron chi connectivity index (χ2n) is 7.13. The van der Waals surface area contributed by atoms with Gasteiger partial charge < -0.3 is 10.6 Å². The van der Waals surface area contributed by atoms with Crippen LogP contribution in [0, 0.1) is 20.8 Å². The van der Waals surface area contributed by atoms with Crippen molar-refractivity contribution in [1.29, 1.82) is 0 Å². The van der Waals surface area contributed by atoms with Crippen molar-refractivity contribution in [1.82, 2.24) is 19.9 Å². The van der Waals surface area contributed by atoms with Gasteiger partial charge in [-0.05, 0) is 43.5 Å². The van der Waals surface area contributed by atoms with Crippen LogP contribution in [0.2, 0.25) is 0 Å². The van der Waals surface area contributed by atoms with Crippen LogP contribution in [0.15, 0.2) is 53.3 Å². The summed E-state index contributed by atoms with van der Waals surface area (Å²) in [7, 11) is 0. The van der Waals surface area contributed by atoms with E-state index in [0.29, 0.717) is 10.7 Å². The van der Waals surface area contributed by atoms with E-state index < -0.39 is 0 Å². The average Bonchev–Trinajstić information content (AvgIpc) is 3.14. The topological polar surface area (TPSA) is 88.4 Å². The van der Waals surface area contributed by atoms with Crippen LogP contribution in [0.5, 0.6) is 0 Å². The predicted molar refractivity (Wildman–Crippen MR) is 119 cm³/mol. The Morgan fingerprint density at radius 1 is 1.07 bits per heavy atom. The number of carbonyl (C=O) groups excluding carboxylic acids is 1. The Kier molecular flexibility index (Phi) is 5.33. The number of hydrogen-bond donors (Lipinski definition) is 2. The number of nitrogens with one attached hydrogen (secondary N) is 2. The third-order valence-corrected chi connectivity index (χ3v) is 5.69. The molecule has 0 radical (unpaired) electrons. The number of nitrogens with zero attached hydrogens (tertiary/aromatic N) is 3. The van der Waals surface area contributed by atoms with E-state index in [2.05, 4.69) is 20.7 Å². The van der Waals surface area contributed by atoms with Gasteiger partial charge in [0.15, 0.2) is 0 Å². The van der Waals surface area contributed by atoms with Gasteiger partial charge in [-0.15, -0.1) is 0 Å². The molecule has 0 bridgehead atoms. The lowest BCUT2D eigenvalue weighted by molar-refractivity contribution is 0.251. The highest BCUT2D eigenvalue weighted by molar-refractivity contribution is 7.19. The first-order chi connectivity index (χ1) is 14.4. The van der Waals surface area contributed by atoms with Crippen LogP contribution in [-0.2, 0) is 6.54 Å². The van der Waals surface area contributed by atoms with Crippen molar-refractivity contribution in [3.05, 3.63) is 81.3 Å². The Morgan fingerprint density at radius 2 is 1.87 bits per heavy atom. The van der Waals surface area contributed by atoms with Crippen molar-refractivity contribution in [2.24, 2.45) is 0 Å². The molecule has 0 saturated carbocycles. The standard InChI is InChI=1S/C22H21N5O2S/c1-13-8-9-15(3)18(10-13)25-21(29)23-12-16-11-19(28)27-22(24-16)30-20(26-27)17-7-5-4-6-14(17)2/h4-11H,12H2,1-3H3,(H2,23,25,29). The molecule has 0 fully saturated rings. The van der Waals surface area contributed by atoms with Crippen LogP contribution >= 0.6 is 11.3 Å². The Labute approximate surface area is 177 Å². The third-order valence-electron chi connectivity index (χ3n) is 4.74. The quantitative estimate of drug-likeness (QED) is 0.522. The fourth-order valence-corrected chi connectivity index (χ4v) is 4.09. The van der Waals surface area contributed by atoms with Crippen LogP contribution in [0.25, 0.3) is 15.5 Å². The molecule has 7 nitrogen and oxygen atoms in total. The Morgan fingerprint density at radius 3 is 2.67 bits per heavy atom. The maximum Gasteiger partial charge on any atom is 0.319 e. The minimum atomic E-state index is -0.351. The van der Waals surface area contributed by atoms with Gasteiger partial charge in [-0.1, -0.05) is 47.7 Å². The van der Waals surface area contributed by atoms with Crippen LogP contribution in [0.1, 0.15) is 22.4 Å². The summed E-state index contributed by atoms with van der Waals surface area (Å²) >= 11 is 1.35. The molecule has 30 heavy (non-hydrogen) atoms. The number of anilines is 1. The monoisotopic (exact) mass is 419 g/mol. The summed E-state index contributed by atoms with van der Waals surface area (Å²) in [5.74, 6) is 0. The molecular weight excluding hydrogens is 398 g/mol. The van der Waals surface area contributed by atoms with Crippen molar-refractivity contribution >= 4 is 28.0 Å². The van der Waals surface area contributed by atoms with E-state index >= 15 is 0 Å². The number of fused-ring (bicyclic) bond motifs is 1. The fourth-order valence-electron chi connectivity index (χ4n) is 3.08. The van der Waals surface area contributed by atoms with E-state index in [-0.39, 0.29) is 18.1 Å². The Bertz CT molecular complexity index is 1310. The molecule has 2 N–H and O–H groups in total. The first-order valence-corrected chi connectivity index (χ1v) is 10.3. The highest BCUT2D eigenvalue weighted by atomic mass is 32.1. The highest BCUT2D eigenvalue weighted by Crippen LogP contribution is 2.26. The van der Waals surface area contributed by atoms with E-state index in [9.17, 15) is 9.59 Å². The highest BCUT2D eigenvalue weighted by Gasteiger charge is 2.13. The summed E-state index contributed by atoms with van der Waals surface area (Å²) in [6.07, 6.45) is 0. The molecule has 2 amide bonds. The largest absolute Gasteiger partial charge is 0.332 e. The van der Waals surface area contributed by atoms with Gasteiger partial charge in [0.25, 0.3) is 5.56 Å². The van der Waals surface area contributed by atoms with Gasteiger partial charge in [0.1, 0.15) is 5.01 Å². The first kappa shape index (κ1) is 19.8.